The van der Waals surface area contributed by atoms with Crippen molar-refractivity contribution in [3.8, 4) is 0 Å². The molecule has 0 aliphatic carbocycles. The molecular weight excluding hydrogens is 230 g/mol. The summed E-state index contributed by atoms with van der Waals surface area (Å²) in [5, 5.41) is 13.4. The first kappa shape index (κ1) is 13.3. The number of hydrogen-bond acceptors (Lipinski definition) is 3. The molecule has 1 atom stereocenters. The Labute approximate surface area is 97.8 Å². The van der Waals surface area contributed by atoms with E-state index in [-0.39, 0.29) is 23.0 Å². The van der Waals surface area contributed by atoms with E-state index >= 15 is 0 Å². The fraction of sp³-hybridized carbons (Fsp3) is 0.455. The Morgan fingerprint density at radius 3 is 2.59 bits per heavy atom. The van der Waals surface area contributed by atoms with Crippen molar-refractivity contribution in [3.63, 3.8) is 0 Å². The molecule has 0 amide bonds. The molecule has 0 aliphatic rings. The normalized spacial score (nSPS) is 12.5. The predicted octanol–water partition coefficient (Wildman–Crippen LogP) is 3.74. The van der Waals surface area contributed by atoms with E-state index in [1.807, 2.05) is 13.8 Å². The molecule has 6 heteroatoms. The number of halogens is 2. The highest BCUT2D eigenvalue weighted by molar-refractivity contribution is 5.57. The summed E-state index contributed by atoms with van der Waals surface area (Å²) in [5.41, 5.74) is -0.408. The molecular formula is C11H14F2N2O2. The van der Waals surface area contributed by atoms with Crippen LogP contribution in [0.15, 0.2) is 18.2 Å². The van der Waals surface area contributed by atoms with Crippen molar-refractivity contribution in [1.29, 1.82) is 0 Å². The molecule has 1 aromatic rings. The van der Waals surface area contributed by atoms with Gasteiger partial charge >= 0.3 is 0 Å². The molecule has 94 valence electrons. The standard InChI is InChI=1S/C11H14F2N2O2/c1-3-7(2)14-10-5-4-8(15(16)17)6-9(10)11(12)13/h4-7,11,14H,3H2,1-2H3. The summed E-state index contributed by atoms with van der Waals surface area (Å²) < 4.78 is 25.5. The van der Waals surface area contributed by atoms with Gasteiger partial charge in [-0.2, -0.15) is 0 Å². The molecule has 1 unspecified atom stereocenters. The van der Waals surface area contributed by atoms with E-state index in [0.29, 0.717) is 0 Å². The van der Waals surface area contributed by atoms with E-state index < -0.39 is 11.3 Å². The van der Waals surface area contributed by atoms with Crippen molar-refractivity contribution < 1.29 is 13.7 Å². The number of anilines is 1. The Balaban J connectivity index is 3.08. The maximum absolute atomic E-state index is 12.8. The second kappa shape index (κ2) is 5.56. The molecule has 0 aliphatic heterocycles. The number of alkyl halides is 2. The number of non-ortho nitro benzene ring substituents is 1. The van der Waals surface area contributed by atoms with Gasteiger partial charge in [-0.05, 0) is 19.4 Å². The number of rotatable bonds is 5. The molecule has 0 saturated heterocycles. The van der Waals surface area contributed by atoms with Crippen LogP contribution in [-0.2, 0) is 0 Å². The Bertz CT molecular complexity index is 410. The number of benzene rings is 1. The maximum atomic E-state index is 12.8. The minimum atomic E-state index is -2.73. The molecule has 0 heterocycles. The second-order valence-corrected chi connectivity index (χ2v) is 3.78. The lowest BCUT2D eigenvalue weighted by atomic mass is 10.1. The molecule has 0 aromatic heterocycles. The summed E-state index contributed by atoms with van der Waals surface area (Å²) in [5.74, 6) is 0. The van der Waals surface area contributed by atoms with Crippen LogP contribution >= 0.6 is 0 Å². The quantitative estimate of drug-likeness (QED) is 0.634. The molecule has 0 bridgehead atoms. The SMILES string of the molecule is CCC(C)Nc1ccc([N+](=O)[O-])cc1C(F)F. The molecule has 1 aromatic carbocycles. The van der Waals surface area contributed by atoms with Crippen LogP contribution in [0.5, 0.6) is 0 Å². The van der Waals surface area contributed by atoms with Crippen molar-refractivity contribution in [1.82, 2.24) is 0 Å². The van der Waals surface area contributed by atoms with Crippen molar-refractivity contribution in [2.45, 2.75) is 32.7 Å². The van der Waals surface area contributed by atoms with Crippen LogP contribution in [0.1, 0.15) is 32.3 Å². The first-order valence-corrected chi connectivity index (χ1v) is 5.28. The predicted molar refractivity (Wildman–Crippen MR) is 61.4 cm³/mol. The summed E-state index contributed by atoms with van der Waals surface area (Å²) in [7, 11) is 0. The largest absolute Gasteiger partial charge is 0.382 e. The van der Waals surface area contributed by atoms with Crippen LogP contribution in [0.25, 0.3) is 0 Å². The molecule has 0 saturated carbocycles. The van der Waals surface area contributed by atoms with Crippen LogP contribution < -0.4 is 5.32 Å². The van der Waals surface area contributed by atoms with Gasteiger partial charge in [0, 0.05) is 29.4 Å². The topological polar surface area (TPSA) is 55.2 Å². The minimum absolute atomic E-state index is 0.0361. The van der Waals surface area contributed by atoms with E-state index in [1.165, 1.54) is 12.1 Å². The van der Waals surface area contributed by atoms with Gasteiger partial charge in [-0.15, -0.1) is 0 Å². The second-order valence-electron chi connectivity index (χ2n) is 3.78. The molecule has 0 spiro atoms. The van der Waals surface area contributed by atoms with Gasteiger partial charge in [-0.25, -0.2) is 8.78 Å². The summed E-state index contributed by atoms with van der Waals surface area (Å²) in [4.78, 5) is 9.82. The summed E-state index contributed by atoms with van der Waals surface area (Å²) in [6, 6.07) is 3.49. The lowest BCUT2D eigenvalue weighted by molar-refractivity contribution is -0.385. The van der Waals surface area contributed by atoms with Crippen molar-refractivity contribution in [2.75, 3.05) is 5.32 Å². The van der Waals surface area contributed by atoms with Gasteiger partial charge in [-0.1, -0.05) is 6.92 Å². The minimum Gasteiger partial charge on any atom is -0.382 e. The third-order valence-corrected chi connectivity index (χ3v) is 2.50. The molecule has 1 N–H and O–H groups in total. The molecule has 0 radical (unpaired) electrons. The van der Waals surface area contributed by atoms with Crippen LogP contribution in [-0.4, -0.2) is 11.0 Å². The van der Waals surface area contributed by atoms with E-state index in [9.17, 15) is 18.9 Å². The third kappa shape index (κ3) is 3.37. The number of nitro benzene ring substituents is 1. The number of nitro groups is 1. The Hall–Kier alpha value is -1.72. The van der Waals surface area contributed by atoms with E-state index in [1.54, 1.807) is 0 Å². The zero-order valence-electron chi connectivity index (χ0n) is 9.61. The Morgan fingerprint density at radius 1 is 1.47 bits per heavy atom. The van der Waals surface area contributed by atoms with Crippen LogP contribution in [0, 0.1) is 10.1 Å². The third-order valence-electron chi connectivity index (χ3n) is 2.50. The average molecular weight is 244 g/mol. The fourth-order valence-corrected chi connectivity index (χ4v) is 1.34. The van der Waals surface area contributed by atoms with Crippen LogP contribution in [0.4, 0.5) is 20.2 Å². The van der Waals surface area contributed by atoms with Crippen molar-refractivity contribution >= 4 is 11.4 Å². The maximum Gasteiger partial charge on any atom is 0.270 e. The lowest BCUT2D eigenvalue weighted by Crippen LogP contribution is -2.15. The fourth-order valence-electron chi connectivity index (χ4n) is 1.34. The van der Waals surface area contributed by atoms with Gasteiger partial charge in [-0.3, -0.25) is 10.1 Å². The Morgan fingerprint density at radius 2 is 2.12 bits per heavy atom. The van der Waals surface area contributed by atoms with Gasteiger partial charge in [0.05, 0.1) is 4.92 Å². The smallest absolute Gasteiger partial charge is 0.270 e. The zero-order chi connectivity index (χ0) is 13.0. The highest BCUT2D eigenvalue weighted by Gasteiger charge is 2.18. The van der Waals surface area contributed by atoms with Crippen molar-refractivity contribution in [2.24, 2.45) is 0 Å². The Kier molecular flexibility index (Phi) is 4.37. The first-order chi connectivity index (χ1) is 7.95. The van der Waals surface area contributed by atoms with Gasteiger partial charge in [0.25, 0.3) is 12.1 Å². The van der Waals surface area contributed by atoms with E-state index in [4.69, 9.17) is 0 Å². The zero-order valence-corrected chi connectivity index (χ0v) is 9.61. The summed E-state index contributed by atoms with van der Waals surface area (Å²) in [6.45, 7) is 3.78. The van der Waals surface area contributed by atoms with Gasteiger partial charge in [0.2, 0.25) is 0 Å². The van der Waals surface area contributed by atoms with Crippen LogP contribution in [0.3, 0.4) is 0 Å². The van der Waals surface area contributed by atoms with Crippen molar-refractivity contribution in [3.05, 3.63) is 33.9 Å². The highest BCUT2D eigenvalue weighted by atomic mass is 19.3. The number of nitrogens with one attached hydrogen (secondary N) is 1. The molecule has 4 nitrogen and oxygen atoms in total. The number of hydrogen-bond donors (Lipinski definition) is 1. The van der Waals surface area contributed by atoms with Crippen LogP contribution in [0.2, 0.25) is 0 Å². The summed E-state index contributed by atoms with van der Waals surface area (Å²) in [6.07, 6.45) is -1.96. The average Bonchev–Trinajstić information content (AvgIpc) is 2.28. The van der Waals surface area contributed by atoms with Gasteiger partial charge in [0.15, 0.2) is 0 Å². The van der Waals surface area contributed by atoms with Gasteiger partial charge < -0.3 is 5.32 Å². The van der Waals surface area contributed by atoms with Gasteiger partial charge in [0.1, 0.15) is 0 Å². The first-order valence-electron chi connectivity index (χ1n) is 5.28. The molecule has 17 heavy (non-hydrogen) atoms. The summed E-state index contributed by atoms with van der Waals surface area (Å²) >= 11 is 0. The monoisotopic (exact) mass is 244 g/mol. The highest BCUT2D eigenvalue weighted by Crippen LogP contribution is 2.31. The number of nitrogens with zero attached hydrogens (tertiary/aromatic N) is 1. The lowest BCUT2D eigenvalue weighted by Gasteiger charge is -2.16. The van der Waals surface area contributed by atoms with E-state index in [2.05, 4.69) is 5.32 Å². The molecule has 0 fully saturated rings. The van der Waals surface area contributed by atoms with E-state index in [0.717, 1.165) is 12.5 Å². The molecule has 1 rings (SSSR count).